The van der Waals surface area contributed by atoms with Crippen LogP contribution in [0.5, 0.6) is 57.9 Å². The first-order valence-electron chi connectivity index (χ1n) is 35.0. The van der Waals surface area contributed by atoms with E-state index in [-0.39, 0.29) is 41.3 Å². The van der Waals surface area contributed by atoms with Gasteiger partial charge in [0.15, 0.2) is 23.1 Å². The van der Waals surface area contributed by atoms with Crippen LogP contribution in [0.3, 0.4) is 0 Å². The van der Waals surface area contributed by atoms with Crippen molar-refractivity contribution in [2.75, 3.05) is 26.6 Å². The summed E-state index contributed by atoms with van der Waals surface area (Å²) in [6, 6.07) is 56.0. The standard InChI is InChI=1S/2C18H15N3O2.2C17H14N4O2.C16H13N5O2/c1-13-5-2-6-14(11-13)18(22)21-16-8-3-9-17(20-16)23-15-7-4-10-19-12-15;1-13-4-2-5-14(8-13)18(22)21-15-9-17(12-20-10-15)23-16-6-3-7-19-11-16;1-12-4-2-5-13(8-12)17(22)21-15-10-19-11-16(20-15)23-14-6-3-7-18-9-14;1-12-3-2-4-13(5-12)17(22)21-14-6-15(8-18-7-14)23-16-9-19-11-20-10-16;1-11-3-2-4-12(5-11)16(22)21-14-8-17-9-15(20-14)23-13-6-18-10-19-7-13/h2-12H,1H3,(H,20,21,22);2-12H,1H3,(H,21,22);2-11H,1H3,(H,20,21,22);2-11H,1H3,(H,21,22);2-10H,1H3,(H,20,21,22). The molecule has 0 unspecified atom stereocenters. The van der Waals surface area contributed by atoms with E-state index in [0.29, 0.717) is 103 Å². The summed E-state index contributed by atoms with van der Waals surface area (Å²) in [5, 5.41) is 13.8. The van der Waals surface area contributed by atoms with Crippen molar-refractivity contribution in [1.29, 1.82) is 0 Å². The van der Waals surface area contributed by atoms with Crippen LogP contribution < -0.4 is 50.3 Å². The summed E-state index contributed by atoms with van der Waals surface area (Å²) in [5.41, 5.74) is 9.10. The Labute approximate surface area is 659 Å². The van der Waals surface area contributed by atoms with Gasteiger partial charge >= 0.3 is 0 Å². The molecule has 0 saturated heterocycles. The van der Waals surface area contributed by atoms with Crippen molar-refractivity contribution < 1.29 is 47.7 Å². The predicted molar refractivity (Wildman–Crippen MR) is 430 cm³/mol. The van der Waals surface area contributed by atoms with Gasteiger partial charge in [0, 0.05) is 64.6 Å². The van der Waals surface area contributed by atoms with Crippen molar-refractivity contribution in [3.63, 3.8) is 0 Å². The molecule has 0 aliphatic carbocycles. The number of carbonyl (C=O) groups is 5. The van der Waals surface area contributed by atoms with Crippen molar-refractivity contribution in [1.82, 2.24) is 69.8 Å². The highest BCUT2D eigenvalue weighted by Gasteiger charge is 2.15. The monoisotopic (exact) mass is 1530 g/mol. The number of rotatable bonds is 20. The lowest BCUT2D eigenvalue weighted by Crippen LogP contribution is -2.13. The average Bonchev–Trinajstić information content (AvgIpc) is 0.870. The molecule has 0 radical (unpaired) electrons. The molecular formula is C86H71N19O10. The van der Waals surface area contributed by atoms with Gasteiger partial charge in [-0.1, -0.05) is 94.5 Å². The minimum atomic E-state index is -0.261. The first-order valence-corrected chi connectivity index (χ1v) is 35.0. The van der Waals surface area contributed by atoms with Gasteiger partial charge < -0.3 is 50.3 Å². The second-order valence-corrected chi connectivity index (χ2v) is 24.5. The van der Waals surface area contributed by atoms with Crippen molar-refractivity contribution >= 4 is 58.4 Å². The second kappa shape index (κ2) is 41.3. The van der Waals surface area contributed by atoms with Crippen LogP contribution in [0.15, 0.2) is 312 Å². The van der Waals surface area contributed by atoms with Crippen LogP contribution in [0.2, 0.25) is 0 Å². The van der Waals surface area contributed by atoms with E-state index in [1.165, 1.54) is 49.8 Å². The molecule has 0 spiro atoms. The number of ether oxygens (including phenoxy) is 5. The quantitative estimate of drug-likeness (QED) is 0.0473. The van der Waals surface area contributed by atoms with E-state index in [1.54, 1.807) is 184 Å². The highest BCUT2D eigenvalue weighted by Crippen LogP contribution is 2.27. The maximum Gasteiger partial charge on any atom is 0.256 e. The first-order chi connectivity index (χ1) is 56.0. The van der Waals surface area contributed by atoms with Crippen molar-refractivity contribution in [2.45, 2.75) is 34.6 Å². The van der Waals surface area contributed by atoms with E-state index in [2.05, 4.69) is 96.4 Å². The lowest BCUT2D eigenvalue weighted by Gasteiger charge is -2.08. The molecular weight excluding hydrogens is 1460 g/mol. The van der Waals surface area contributed by atoms with Gasteiger partial charge in [-0.15, -0.1) is 0 Å². The minimum absolute atomic E-state index is 0.186. The Kier molecular flexibility index (Phi) is 28.6. The van der Waals surface area contributed by atoms with E-state index in [4.69, 9.17) is 23.7 Å². The number of pyridine rings is 6. The number of aromatic nitrogens is 14. The normalized spacial score (nSPS) is 10.1. The number of nitrogens with one attached hydrogen (secondary N) is 5. The number of anilines is 5. The molecule has 29 nitrogen and oxygen atoms in total. The predicted octanol–water partition coefficient (Wildman–Crippen LogP) is 16.7. The van der Waals surface area contributed by atoms with Gasteiger partial charge in [-0.2, -0.15) is 15.0 Å². The fourth-order valence-electron chi connectivity index (χ4n) is 9.98. The molecule has 15 aromatic rings. The van der Waals surface area contributed by atoms with Gasteiger partial charge in [0.05, 0.1) is 104 Å². The topological polar surface area (TPSA) is 372 Å². The zero-order valence-electron chi connectivity index (χ0n) is 62.3. The van der Waals surface area contributed by atoms with E-state index < -0.39 is 0 Å². The smallest absolute Gasteiger partial charge is 0.256 e. The summed E-state index contributed by atoms with van der Waals surface area (Å²) >= 11 is 0. The van der Waals surface area contributed by atoms with Crippen molar-refractivity contribution in [3.05, 3.63) is 368 Å². The van der Waals surface area contributed by atoms with Gasteiger partial charge in [-0.25, -0.2) is 19.9 Å². The molecule has 0 saturated carbocycles. The van der Waals surface area contributed by atoms with E-state index in [1.807, 2.05) is 113 Å². The van der Waals surface area contributed by atoms with Gasteiger partial charge in [0.2, 0.25) is 17.6 Å². The van der Waals surface area contributed by atoms with Crippen LogP contribution in [0, 0.1) is 34.6 Å². The molecule has 0 atom stereocenters. The van der Waals surface area contributed by atoms with Crippen LogP contribution >= 0.6 is 0 Å². The Balaban J connectivity index is 0.000000142. The number of carbonyl (C=O) groups excluding carboxylic acids is 5. The summed E-state index contributed by atoms with van der Waals surface area (Å²) in [6.07, 6.45) is 30.8. The fraction of sp³-hybridized carbons (Fsp3) is 0.0581. The van der Waals surface area contributed by atoms with Crippen molar-refractivity contribution in [3.8, 4) is 57.9 Å². The Hall–Kier alpha value is -16.3. The lowest BCUT2D eigenvalue weighted by molar-refractivity contribution is 0.101. The first kappa shape index (κ1) is 79.7. The molecule has 10 aromatic heterocycles. The van der Waals surface area contributed by atoms with E-state index in [9.17, 15) is 24.0 Å². The van der Waals surface area contributed by atoms with Gasteiger partial charge in [0.25, 0.3) is 29.5 Å². The number of hydrogen-bond acceptors (Lipinski definition) is 24. The number of aryl methyl sites for hydroxylation is 5. The molecule has 5 amide bonds. The molecule has 10 heterocycles. The summed E-state index contributed by atoms with van der Waals surface area (Å²) in [4.78, 5) is 117. The number of amides is 5. The Morgan fingerprint density at radius 2 is 0.530 bits per heavy atom. The molecule has 5 N–H and O–H groups in total. The van der Waals surface area contributed by atoms with Crippen LogP contribution in [-0.4, -0.2) is 99.3 Å². The molecule has 115 heavy (non-hydrogen) atoms. The number of benzene rings is 5. The molecule has 570 valence electrons. The fourth-order valence-corrected chi connectivity index (χ4v) is 9.98. The molecule has 29 heteroatoms. The molecule has 5 aromatic carbocycles. The molecule has 0 aliphatic heterocycles. The maximum absolute atomic E-state index is 12.2. The summed E-state index contributed by atoms with van der Waals surface area (Å²) in [5.74, 6) is 4.53. The van der Waals surface area contributed by atoms with E-state index in [0.717, 1.165) is 27.8 Å². The maximum atomic E-state index is 12.2. The Morgan fingerprint density at radius 1 is 0.235 bits per heavy atom. The van der Waals surface area contributed by atoms with Crippen LogP contribution in [0.25, 0.3) is 0 Å². The highest BCUT2D eigenvalue weighted by molar-refractivity contribution is 6.06. The minimum Gasteiger partial charge on any atom is -0.454 e. The molecule has 15 rings (SSSR count). The van der Waals surface area contributed by atoms with Crippen LogP contribution in [-0.2, 0) is 0 Å². The summed E-state index contributed by atoms with van der Waals surface area (Å²) in [6.45, 7) is 9.68. The summed E-state index contributed by atoms with van der Waals surface area (Å²) in [7, 11) is 0. The van der Waals surface area contributed by atoms with Crippen LogP contribution in [0.1, 0.15) is 79.6 Å². The average molecular weight is 1530 g/mol. The van der Waals surface area contributed by atoms with Crippen LogP contribution in [0.4, 0.5) is 28.8 Å². The lowest BCUT2D eigenvalue weighted by atomic mass is 10.1. The zero-order chi connectivity index (χ0) is 80.4. The summed E-state index contributed by atoms with van der Waals surface area (Å²) < 4.78 is 27.8. The van der Waals surface area contributed by atoms with E-state index >= 15 is 0 Å². The Morgan fingerprint density at radius 3 is 0.904 bits per heavy atom. The largest absolute Gasteiger partial charge is 0.454 e. The van der Waals surface area contributed by atoms with Gasteiger partial charge in [-0.3, -0.25) is 58.9 Å². The number of hydrogen-bond donors (Lipinski definition) is 5. The third-order valence-corrected chi connectivity index (χ3v) is 15.1. The molecule has 0 fully saturated rings. The SMILES string of the molecule is Cc1cccc(C(=O)Nc2cccc(Oc3cccnc3)n2)c1.Cc1cccc(C(=O)Nc2cncc(Oc3cccnc3)c2)c1.Cc1cccc(C(=O)Nc2cncc(Oc3cccnc3)n2)c1.Cc1cccc(C(=O)Nc2cncc(Oc3cncnc3)c2)c1.Cc1cccc(C(=O)Nc2cncc(Oc3cncnc3)n2)c1. The third kappa shape index (κ3) is 26.5. The highest BCUT2D eigenvalue weighted by atomic mass is 16.5. The second-order valence-electron chi connectivity index (χ2n) is 24.5. The molecule has 0 bridgehead atoms. The van der Waals surface area contributed by atoms with Gasteiger partial charge in [0.1, 0.15) is 47.2 Å². The van der Waals surface area contributed by atoms with Gasteiger partial charge in [-0.05, 0) is 138 Å². The third-order valence-electron chi connectivity index (χ3n) is 15.1. The van der Waals surface area contributed by atoms with Crippen molar-refractivity contribution in [2.24, 2.45) is 0 Å². The molecule has 0 aliphatic rings. The zero-order valence-corrected chi connectivity index (χ0v) is 62.3. The number of nitrogens with zero attached hydrogens (tertiary/aromatic N) is 14. The Bertz CT molecular complexity index is 4920.